The molecule has 3 heterocycles. The third-order valence-corrected chi connectivity index (χ3v) is 5.44. The van der Waals surface area contributed by atoms with E-state index in [-0.39, 0.29) is 11.5 Å². The first-order valence-electron chi connectivity index (χ1n) is 9.60. The van der Waals surface area contributed by atoms with E-state index in [1.54, 1.807) is 0 Å². The first-order valence-corrected chi connectivity index (χ1v) is 9.60. The Bertz CT molecular complexity index is 733. The van der Waals surface area contributed by atoms with Gasteiger partial charge in [-0.05, 0) is 44.0 Å². The molecular formula is C20H25F2N3O2. The summed E-state index contributed by atoms with van der Waals surface area (Å²) in [6.07, 6.45) is 3.81. The van der Waals surface area contributed by atoms with Crippen LogP contribution >= 0.6 is 0 Å². The van der Waals surface area contributed by atoms with Crippen molar-refractivity contribution in [2.75, 3.05) is 45.9 Å². The fourth-order valence-electron chi connectivity index (χ4n) is 3.90. The molecule has 0 aliphatic carbocycles. The number of oxazole rings is 1. The summed E-state index contributed by atoms with van der Waals surface area (Å²) in [6.45, 7) is 7.56. The fraction of sp³-hybridized carbons (Fsp3) is 0.550. The van der Waals surface area contributed by atoms with E-state index in [0.717, 1.165) is 64.7 Å². The Morgan fingerprint density at radius 1 is 1.00 bits per heavy atom. The Kier molecular flexibility index (Phi) is 5.80. The average Bonchev–Trinajstić information content (AvgIpc) is 3.12. The highest BCUT2D eigenvalue weighted by Gasteiger charge is 2.23. The van der Waals surface area contributed by atoms with Gasteiger partial charge in [0, 0.05) is 26.2 Å². The lowest BCUT2D eigenvalue weighted by Crippen LogP contribution is -2.42. The van der Waals surface area contributed by atoms with Crippen LogP contribution in [0, 0.1) is 17.6 Å². The minimum Gasteiger partial charge on any atom is -0.444 e. The molecule has 0 atom stereocenters. The summed E-state index contributed by atoms with van der Waals surface area (Å²) >= 11 is 0. The van der Waals surface area contributed by atoms with E-state index in [0.29, 0.717) is 12.2 Å². The number of nitrogens with zero attached hydrogens (tertiary/aromatic N) is 3. The molecule has 4 rings (SSSR count). The maximum Gasteiger partial charge on any atom is 0.232 e. The van der Waals surface area contributed by atoms with Crippen LogP contribution in [-0.4, -0.2) is 60.7 Å². The largest absolute Gasteiger partial charge is 0.444 e. The van der Waals surface area contributed by atoms with Gasteiger partial charge in [-0.25, -0.2) is 13.8 Å². The number of ether oxygens (including phenoxy) is 1. The van der Waals surface area contributed by atoms with Gasteiger partial charge in [0.25, 0.3) is 0 Å². The Hall–Kier alpha value is -1.83. The van der Waals surface area contributed by atoms with E-state index in [4.69, 9.17) is 9.15 Å². The number of halogens is 2. The van der Waals surface area contributed by atoms with Gasteiger partial charge in [-0.3, -0.25) is 9.80 Å². The van der Waals surface area contributed by atoms with Gasteiger partial charge in [0.05, 0.1) is 18.9 Å². The molecule has 0 unspecified atom stereocenters. The lowest BCUT2D eigenvalue weighted by atomic mass is 9.96. The van der Waals surface area contributed by atoms with Gasteiger partial charge < -0.3 is 9.15 Å². The third kappa shape index (κ3) is 4.54. The summed E-state index contributed by atoms with van der Waals surface area (Å²) < 4.78 is 38.5. The van der Waals surface area contributed by atoms with E-state index < -0.39 is 11.6 Å². The van der Waals surface area contributed by atoms with Crippen molar-refractivity contribution in [3.63, 3.8) is 0 Å². The van der Waals surface area contributed by atoms with Crippen molar-refractivity contribution in [2.45, 2.75) is 19.4 Å². The second-order valence-electron chi connectivity index (χ2n) is 7.37. The molecular weight excluding hydrogens is 352 g/mol. The van der Waals surface area contributed by atoms with E-state index in [1.807, 2.05) is 0 Å². The number of benzene rings is 1. The van der Waals surface area contributed by atoms with Crippen LogP contribution in [0.4, 0.5) is 8.78 Å². The van der Waals surface area contributed by atoms with Crippen molar-refractivity contribution in [1.29, 1.82) is 0 Å². The normalized spacial score (nSPS) is 20.2. The van der Waals surface area contributed by atoms with Gasteiger partial charge in [0.1, 0.15) is 23.5 Å². The molecule has 2 fully saturated rings. The molecule has 146 valence electrons. The monoisotopic (exact) mass is 377 g/mol. The molecule has 2 aliphatic heterocycles. The molecule has 0 bridgehead atoms. The minimum absolute atomic E-state index is 0.00260. The van der Waals surface area contributed by atoms with Gasteiger partial charge in [0.15, 0.2) is 0 Å². The summed E-state index contributed by atoms with van der Waals surface area (Å²) in [5.41, 5.74) is 0.507. The standard InChI is InChI=1S/C20H25F2N3O2/c21-17-2-1-3-18(22)19(17)20-23-16(14-27-20)13-24-6-4-15(5-7-24)12-25-8-10-26-11-9-25/h1-3,14-15H,4-13H2. The molecule has 0 radical (unpaired) electrons. The molecule has 27 heavy (non-hydrogen) atoms. The molecule has 1 aromatic heterocycles. The first-order chi connectivity index (χ1) is 13.2. The highest BCUT2D eigenvalue weighted by molar-refractivity contribution is 5.55. The van der Waals surface area contributed by atoms with Crippen LogP contribution in [0.25, 0.3) is 11.5 Å². The fourth-order valence-corrected chi connectivity index (χ4v) is 3.90. The van der Waals surface area contributed by atoms with Crippen molar-refractivity contribution >= 4 is 0 Å². The smallest absolute Gasteiger partial charge is 0.232 e. The van der Waals surface area contributed by atoms with Crippen LogP contribution in [0.1, 0.15) is 18.5 Å². The molecule has 0 saturated carbocycles. The molecule has 0 N–H and O–H groups in total. The quantitative estimate of drug-likeness (QED) is 0.801. The summed E-state index contributed by atoms with van der Waals surface area (Å²) in [5.74, 6) is -0.595. The number of likely N-dealkylation sites (tertiary alicyclic amines) is 1. The van der Waals surface area contributed by atoms with Gasteiger partial charge in [-0.15, -0.1) is 0 Å². The van der Waals surface area contributed by atoms with E-state index in [1.165, 1.54) is 24.5 Å². The van der Waals surface area contributed by atoms with Crippen LogP contribution in [0.2, 0.25) is 0 Å². The van der Waals surface area contributed by atoms with Crippen molar-refractivity contribution < 1.29 is 17.9 Å². The second-order valence-corrected chi connectivity index (χ2v) is 7.37. The summed E-state index contributed by atoms with van der Waals surface area (Å²) in [6, 6.07) is 3.75. The first kappa shape index (κ1) is 18.5. The highest BCUT2D eigenvalue weighted by Crippen LogP contribution is 2.26. The van der Waals surface area contributed by atoms with Gasteiger partial charge >= 0.3 is 0 Å². The maximum atomic E-state index is 13.9. The van der Waals surface area contributed by atoms with Crippen molar-refractivity contribution in [2.24, 2.45) is 5.92 Å². The Morgan fingerprint density at radius 2 is 1.70 bits per heavy atom. The number of hydrogen-bond donors (Lipinski definition) is 0. The second kappa shape index (κ2) is 8.46. The minimum atomic E-state index is -0.660. The third-order valence-electron chi connectivity index (χ3n) is 5.44. The van der Waals surface area contributed by atoms with Crippen molar-refractivity contribution in [3.05, 3.63) is 41.8 Å². The lowest BCUT2D eigenvalue weighted by molar-refractivity contribution is 0.0241. The predicted molar refractivity (Wildman–Crippen MR) is 97.1 cm³/mol. The van der Waals surface area contributed by atoms with E-state index in [9.17, 15) is 8.78 Å². The van der Waals surface area contributed by atoms with Crippen LogP contribution in [0.15, 0.2) is 28.9 Å². The van der Waals surface area contributed by atoms with Gasteiger partial charge in [-0.2, -0.15) is 0 Å². The molecule has 2 aromatic rings. The lowest BCUT2D eigenvalue weighted by Gasteiger charge is -2.35. The predicted octanol–water partition coefficient (Wildman–Crippen LogP) is 3.16. The van der Waals surface area contributed by atoms with Crippen molar-refractivity contribution in [1.82, 2.24) is 14.8 Å². The van der Waals surface area contributed by atoms with Crippen LogP contribution in [-0.2, 0) is 11.3 Å². The molecule has 2 aliphatic rings. The SMILES string of the molecule is Fc1cccc(F)c1-c1nc(CN2CCC(CN3CCOCC3)CC2)co1. The van der Waals surface area contributed by atoms with Crippen LogP contribution in [0.5, 0.6) is 0 Å². The number of rotatable bonds is 5. The highest BCUT2D eigenvalue weighted by atomic mass is 19.1. The van der Waals surface area contributed by atoms with Gasteiger partial charge in [-0.1, -0.05) is 6.07 Å². The van der Waals surface area contributed by atoms with Crippen LogP contribution in [0.3, 0.4) is 0 Å². The van der Waals surface area contributed by atoms with E-state index in [2.05, 4.69) is 14.8 Å². The molecule has 5 nitrogen and oxygen atoms in total. The number of aromatic nitrogens is 1. The zero-order valence-corrected chi connectivity index (χ0v) is 15.4. The maximum absolute atomic E-state index is 13.9. The van der Waals surface area contributed by atoms with Gasteiger partial charge in [0.2, 0.25) is 5.89 Å². The summed E-state index contributed by atoms with van der Waals surface area (Å²) in [5, 5.41) is 0. The number of piperidine rings is 1. The zero-order valence-electron chi connectivity index (χ0n) is 15.4. The summed E-state index contributed by atoms with van der Waals surface area (Å²) in [4.78, 5) is 9.12. The molecule has 0 spiro atoms. The summed E-state index contributed by atoms with van der Waals surface area (Å²) in [7, 11) is 0. The molecule has 7 heteroatoms. The molecule has 0 amide bonds. The molecule has 2 saturated heterocycles. The van der Waals surface area contributed by atoms with Crippen molar-refractivity contribution in [3.8, 4) is 11.5 Å². The Balaban J connectivity index is 1.30. The topological polar surface area (TPSA) is 41.7 Å². The average molecular weight is 377 g/mol. The zero-order chi connectivity index (χ0) is 18.6. The molecule has 1 aromatic carbocycles. The van der Waals surface area contributed by atoms with Crippen LogP contribution < -0.4 is 0 Å². The number of morpholine rings is 1. The Labute approximate surface area is 157 Å². The Morgan fingerprint density at radius 3 is 2.41 bits per heavy atom. The number of hydrogen-bond acceptors (Lipinski definition) is 5. The van der Waals surface area contributed by atoms with E-state index >= 15 is 0 Å².